The highest BCUT2D eigenvalue weighted by molar-refractivity contribution is 6.09. The van der Waals surface area contributed by atoms with Gasteiger partial charge in [-0.15, -0.1) is 0 Å². The van der Waals surface area contributed by atoms with Crippen LogP contribution in [-0.2, 0) is 0 Å². The van der Waals surface area contributed by atoms with Crippen molar-refractivity contribution in [2.75, 3.05) is 19.5 Å². The molecule has 0 saturated carbocycles. The average Bonchev–Trinajstić information content (AvgIpc) is 2.62. The summed E-state index contributed by atoms with van der Waals surface area (Å²) in [5.74, 6) is 1.19. The fourth-order valence-corrected chi connectivity index (χ4v) is 2.52. The molecule has 0 bridgehead atoms. The van der Waals surface area contributed by atoms with Gasteiger partial charge in [0.05, 0.1) is 25.4 Å². The van der Waals surface area contributed by atoms with Crippen LogP contribution in [0.3, 0.4) is 0 Å². The van der Waals surface area contributed by atoms with Crippen molar-refractivity contribution in [2.45, 2.75) is 6.92 Å². The molecule has 1 heterocycles. The van der Waals surface area contributed by atoms with E-state index in [0.29, 0.717) is 22.7 Å². The maximum atomic E-state index is 12.6. The standard InChI is InChI=1S/C19H18N2O3/c1-12-4-5-13(10-18(12)24-3)19(22)21-17-8-9-20-16-7-6-14(23-2)11-15(16)17/h4-11H,1-3H3,(H,20,21,22). The molecule has 0 atom stereocenters. The molecule has 0 aliphatic rings. The van der Waals surface area contributed by atoms with E-state index in [2.05, 4.69) is 10.3 Å². The summed E-state index contributed by atoms with van der Waals surface area (Å²) in [6, 6.07) is 12.7. The number of amides is 1. The first-order valence-electron chi connectivity index (χ1n) is 7.51. The van der Waals surface area contributed by atoms with Crippen molar-refractivity contribution in [1.82, 2.24) is 4.98 Å². The Balaban J connectivity index is 1.96. The van der Waals surface area contributed by atoms with Gasteiger partial charge < -0.3 is 14.8 Å². The van der Waals surface area contributed by atoms with Crippen LogP contribution in [0.4, 0.5) is 5.69 Å². The Hall–Kier alpha value is -3.08. The molecular weight excluding hydrogens is 304 g/mol. The van der Waals surface area contributed by atoms with Crippen molar-refractivity contribution >= 4 is 22.5 Å². The van der Waals surface area contributed by atoms with Crippen molar-refractivity contribution in [3.05, 3.63) is 59.8 Å². The largest absolute Gasteiger partial charge is 0.497 e. The van der Waals surface area contributed by atoms with E-state index in [4.69, 9.17) is 9.47 Å². The summed E-state index contributed by atoms with van der Waals surface area (Å²) in [7, 11) is 3.20. The van der Waals surface area contributed by atoms with Crippen LogP contribution in [0.2, 0.25) is 0 Å². The molecular formula is C19H18N2O3. The fourth-order valence-electron chi connectivity index (χ4n) is 2.52. The van der Waals surface area contributed by atoms with E-state index in [1.54, 1.807) is 38.6 Å². The number of aromatic nitrogens is 1. The number of carbonyl (C=O) groups is 1. The average molecular weight is 322 g/mol. The van der Waals surface area contributed by atoms with Crippen molar-refractivity contribution in [2.24, 2.45) is 0 Å². The summed E-state index contributed by atoms with van der Waals surface area (Å²) in [6.45, 7) is 1.93. The molecule has 3 rings (SSSR count). The number of rotatable bonds is 4. The molecule has 1 amide bonds. The molecule has 2 aromatic carbocycles. The molecule has 1 aromatic heterocycles. The van der Waals surface area contributed by atoms with Gasteiger partial charge in [0, 0.05) is 17.1 Å². The lowest BCUT2D eigenvalue weighted by atomic mass is 10.1. The van der Waals surface area contributed by atoms with Crippen molar-refractivity contribution in [3.8, 4) is 11.5 Å². The van der Waals surface area contributed by atoms with Gasteiger partial charge in [-0.05, 0) is 48.9 Å². The summed E-state index contributed by atoms with van der Waals surface area (Å²) in [5, 5.41) is 3.76. The molecule has 0 unspecified atom stereocenters. The lowest BCUT2D eigenvalue weighted by molar-refractivity contribution is 0.102. The van der Waals surface area contributed by atoms with Crippen LogP contribution in [0.25, 0.3) is 10.9 Å². The van der Waals surface area contributed by atoms with Crippen LogP contribution < -0.4 is 14.8 Å². The van der Waals surface area contributed by atoms with Crippen LogP contribution in [0, 0.1) is 6.92 Å². The number of anilines is 1. The minimum Gasteiger partial charge on any atom is -0.497 e. The molecule has 5 heteroatoms. The third-order valence-electron chi connectivity index (χ3n) is 3.87. The molecule has 24 heavy (non-hydrogen) atoms. The predicted octanol–water partition coefficient (Wildman–Crippen LogP) is 3.81. The van der Waals surface area contributed by atoms with Gasteiger partial charge in [0.15, 0.2) is 0 Å². The molecule has 3 aromatic rings. The van der Waals surface area contributed by atoms with Crippen molar-refractivity contribution in [1.29, 1.82) is 0 Å². The topological polar surface area (TPSA) is 60.5 Å². The molecule has 0 radical (unpaired) electrons. The van der Waals surface area contributed by atoms with Crippen LogP contribution in [-0.4, -0.2) is 25.1 Å². The van der Waals surface area contributed by atoms with E-state index in [9.17, 15) is 4.79 Å². The fraction of sp³-hybridized carbons (Fsp3) is 0.158. The summed E-state index contributed by atoms with van der Waals surface area (Å²) >= 11 is 0. The number of benzene rings is 2. The number of nitrogens with one attached hydrogen (secondary N) is 1. The summed E-state index contributed by atoms with van der Waals surface area (Å²) in [4.78, 5) is 16.9. The van der Waals surface area contributed by atoms with Gasteiger partial charge in [-0.2, -0.15) is 0 Å². The molecule has 0 fully saturated rings. The molecule has 0 aliphatic heterocycles. The first-order valence-corrected chi connectivity index (χ1v) is 7.51. The molecule has 0 spiro atoms. The van der Waals surface area contributed by atoms with Crippen LogP contribution >= 0.6 is 0 Å². The zero-order chi connectivity index (χ0) is 17.1. The quantitative estimate of drug-likeness (QED) is 0.793. The second kappa shape index (κ2) is 6.58. The number of carbonyl (C=O) groups excluding carboxylic acids is 1. The first-order chi connectivity index (χ1) is 11.6. The lowest BCUT2D eigenvalue weighted by Gasteiger charge is -2.11. The van der Waals surface area contributed by atoms with Crippen LogP contribution in [0.5, 0.6) is 11.5 Å². The van der Waals surface area contributed by atoms with Gasteiger partial charge in [-0.3, -0.25) is 9.78 Å². The Morgan fingerprint density at radius 1 is 1.04 bits per heavy atom. The van der Waals surface area contributed by atoms with Gasteiger partial charge >= 0.3 is 0 Å². The summed E-state index contributed by atoms with van der Waals surface area (Å²) < 4.78 is 10.5. The number of aryl methyl sites for hydroxylation is 1. The van der Waals surface area contributed by atoms with Gasteiger partial charge in [-0.1, -0.05) is 6.07 Å². The Kier molecular flexibility index (Phi) is 4.33. The maximum absolute atomic E-state index is 12.6. The lowest BCUT2D eigenvalue weighted by Crippen LogP contribution is -2.12. The minimum atomic E-state index is -0.205. The van der Waals surface area contributed by atoms with Gasteiger partial charge in [0.1, 0.15) is 11.5 Å². The highest BCUT2D eigenvalue weighted by Crippen LogP contribution is 2.27. The van der Waals surface area contributed by atoms with Crippen LogP contribution in [0.15, 0.2) is 48.7 Å². The minimum absolute atomic E-state index is 0.205. The Labute approximate surface area is 140 Å². The molecule has 0 aliphatic carbocycles. The number of hydrogen-bond donors (Lipinski definition) is 1. The number of nitrogens with zero attached hydrogens (tertiary/aromatic N) is 1. The van der Waals surface area contributed by atoms with E-state index in [1.807, 2.05) is 31.2 Å². The van der Waals surface area contributed by atoms with E-state index in [-0.39, 0.29) is 5.91 Å². The third kappa shape index (κ3) is 3.01. The Morgan fingerprint density at radius 2 is 1.88 bits per heavy atom. The molecule has 122 valence electrons. The SMILES string of the molecule is COc1ccc2nccc(NC(=O)c3ccc(C)c(OC)c3)c2c1. The van der Waals surface area contributed by atoms with Gasteiger partial charge in [0.2, 0.25) is 0 Å². The highest BCUT2D eigenvalue weighted by Gasteiger charge is 2.11. The zero-order valence-corrected chi connectivity index (χ0v) is 13.8. The number of ether oxygens (including phenoxy) is 2. The Morgan fingerprint density at radius 3 is 2.62 bits per heavy atom. The molecule has 5 nitrogen and oxygen atoms in total. The normalized spacial score (nSPS) is 10.5. The van der Waals surface area contributed by atoms with E-state index in [1.165, 1.54) is 0 Å². The van der Waals surface area contributed by atoms with Crippen molar-refractivity contribution in [3.63, 3.8) is 0 Å². The summed E-state index contributed by atoms with van der Waals surface area (Å²) in [5.41, 5.74) is 2.98. The zero-order valence-electron chi connectivity index (χ0n) is 13.8. The number of methoxy groups -OCH3 is 2. The van der Waals surface area contributed by atoms with Gasteiger partial charge in [0.25, 0.3) is 5.91 Å². The summed E-state index contributed by atoms with van der Waals surface area (Å²) in [6.07, 6.45) is 1.67. The van der Waals surface area contributed by atoms with E-state index >= 15 is 0 Å². The first kappa shape index (κ1) is 15.8. The predicted molar refractivity (Wildman–Crippen MR) is 94.0 cm³/mol. The van der Waals surface area contributed by atoms with Gasteiger partial charge in [-0.25, -0.2) is 0 Å². The second-order valence-electron chi connectivity index (χ2n) is 5.38. The maximum Gasteiger partial charge on any atom is 0.255 e. The molecule has 0 saturated heterocycles. The Bertz CT molecular complexity index is 906. The molecule has 1 N–H and O–H groups in total. The number of hydrogen-bond acceptors (Lipinski definition) is 4. The monoisotopic (exact) mass is 322 g/mol. The second-order valence-corrected chi connectivity index (χ2v) is 5.38. The van der Waals surface area contributed by atoms with E-state index in [0.717, 1.165) is 16.5 Å². The smallest absolute Gasteiger partial charge is 0.255 e. The van der Waals surface area contributed by atoms with E-state index < -0.39 is 0 Å². The van der Waals surface area contributed by atoms with Crippen LogP contribution in [0.1, 0.15) is 15.9 Å². The number of pyridine rings is 1. The van der Waals surface area contributed by atoms with Crippen molar-refractivity contribution < 1.29 is 14.3 Å². The highest BCUT2D eigenvalue weighted by atomic mass is 16.5. The third-order valence-corrected chi connectivity index (χ3v) is 3.87. The number of fused-ring (bicyclic) bond motifs is 1.